The lowest BCUT2D eigenvalue weighted by Gasteiger charge is -2.05. The van der Waals surface area contributed by atoms with Gasteiger partial charge < -0.3 is 5.11 Å². The van der Waals surface area contributed by atoms with Gasteiger partial charge in [0.1, 0.15) is 0 Å². The van der Waals surface area contributed by atoms with Crippen molar-refractivity contribution in [2.45, 2.75) is 33.3 Å². The molecular weight excluding hydrogens is 100 g/mol. The minimum absolute atomic E-state index is 0.222. The van der Waals surface area contributed by atoms with Crippen molar-refractivity contribution in [3.63, 3.8) is 0 Å². The zero-order valence-electron chi connectivity index (χ0n) is 5.81. The lowest BCUT2D eigenvalue weighted by molar-refractivity contribution is 0.206. The molecule has 0 saturated carbocycles. The third-order valence-corrected chi connectivity index (χ3v) is 1.37. The Morgan fingerprint density at radius 2 is 2.25 bits per heavy atom. The largest absolute Gasteiger partial charge is 0.389 e. The molecule has 0 aliphatic rings. The molecule has 0 aliphatic heterocycles. The van der Waals surface area contributed by atoms with E-state index in [4.69, 9.17) is 5.11 Å². The van der Waals surface area contributed by atoms with E-state index in [9.17, 15) is 0 Å². The van der Waals surface area contributed by atoms with E-state index in [0.717, 1.165) is 12.0 Å². The highest BCUT2D eigenvalue weighted by Crippen LogP contribution is 2.02. The SMILES string of the molecule is C/C=C(\C)C(O)CC. The predicted molar refractivity (Wildman–Crippen MR) is 35.7 cm³/mol. The van der Waals surface area contributed by atoms with E-state index in [1.807, 2.05) is 26.8 Å². The molecule has 1 heteroatoms. The smallest absolute Gasteiger partial charge is 0.0744 e. The first-order chi connectivity index (χ1) is 3.72. The molecule has 0 aromatic carbocycles. The molecule has 0 amide bonds. The summed E-state index contributed by atoms with van der Waals surface area (Å²) in [6.45, 7) is 5.85. The zero-order chi connectivity index (χ0) is 6.57. The third kappa shape index (κ3) is 2.12. The van der Waals surface area contributed by atoms with Gasteiger partial charge in [-0.1, -0.05) is 13.0 Å². The van der Waals surface area contributed by atoms with E-state index in [2.05, 4.69) is 0 Å². The van der Waals surface area contributed by atoms with Crippen molar-refractivity contribution in [3.05, 3.63) is 11.6 Å². The molecule has 0 aromatic heterocycles. The molecule has 8 heavy (non-hydrogen) atoms. The first-order valence-corrected chi connectivity index (χ1v) is 3.03. The maximum absolute atomic E-state index is 9.06. The zero-order valence-corrected chi connectivity index (χ0v) is 5.81. The van der Waals surface area contributed by atoms with Crippen LogP contribution in [0.5, 0.6) is 0 Å². The van der Waals surface area contributed by atoms with Crippen LogP contribution in [-0.2, 0) is 0 Å². The normalized spacial score (nSPS) is 16.2. The molecule has 48 valence electrons. The van der Waals surface area contributed by atoms with E-state index in [1.165, 1.54) is 0 Å². The van der Waals surface area contributed by atoms with Gasteiger partial charge in [-0.3, -0.25) is 0 Å². The van der Waals surface area contributed by atoms with Crippen LogP contribution in [0.25, 0.3) is 0 Å². The monoisotopic (exact) mass is 114 g/mol. The van der Waals surface area contributed by atoms with Crippen LogP contribution in [0.4, 0.5) is 0 Å². The fourth-order valence-corrected chi connectivity index (χ4v) is 0.514. The maximum atomic E-state index is 9.06. The molecule has 1 unspecified atom stereocenters. The van der Waals surface area contributed by atoms with Gasteiger partial charge >= 0.3 is 0 Å². The highest BCUT2D eigenvalue weighted by molar-refractivity contribution is 5.01. The molecule has 1 N–H and O–H groups in total. The summed E-state index contributed by atoms with van der Waals surface area (Å²) in [5.74, 6) is 0. The van der Waals surface area contributed by atoms with Crippen molar-refractivity contribution in [1.82, 2.24) is 0 Å². The predicted octanol–water partition coefficient (Wildman–Crippen LogP) is 1.72. The molecule has 0 saturated heterocycles. The van der Waals surface area contributed by atoms with Crippen molar-refractivity contribution in [3.8, 4) is 0 Å². The standard InChI is InChI=1S/C7H14O/c1-4-6(3)7(8)5-2/h4,7-8H,5H2,1-3H3/b6-4+. The summed E-state index contributed by atoms with van der Waals surface area (Å²) in [5.41, 5.74) is 1.06. The van der Waals surface area contributed by atoms with Crippen LogP contribution in [0.2, 0.25) is 0 Å². The molecule has 0 rings (SSSR count). The second-order valence-corrected chi connectivity index (χ2v) is 1.96. The minimum Gasteiger partial charge on any atom is -0.389 e. The van der Waals surface area contributed by atoms with E-state index in [-0.39, 0.29) is 6.10 Å². The molecule has 0 aliphatic carbocycles. The Morgan fingerprint density at radius 3 is 2.38 bits per heavy atom. The van der Waals surface area contributed by atoms with Crippen molar-refractivity contribution >= 4 is 0 Å². The van der Waals surface area contributed by atoms with Crippen molar-refractivity contribution in [2.24, 2.45) is 0 Å². The average Bonchev–Trinajstić information content (AvgIpc) is 1.84. The highest BCUT2D eigenvalue weighted by Gasteiger charge is 1.98. The molecule has 0 radical (unpaired) electrons. The van der Waals surface area contributed by atoms with Gasteiger partial charge in [0.05, 0.1) is 6.10 Å². The number of aliphatic hydroxyl groups excluding tert-OH is 1. The molecule has 0 fully saturated rings. The Kier molecular flexibility index (Phi) is 3.53. The first-order valence-electron chi connectivity index (χ1n) is 3.03. The summed E-state index contributed by atoms with van der Waals surface area (Å²) in [4.78, 5) is 0. The molecule has 0 heterocycles. The Hall–Kier alpha value is -0.300. The lowest BCUT2D eigenvalue weighted by Crippen LogP contribution is -2.04. The number of hydrogen-bond donors (Lipinski definition) is 1. The van der Waals surface area contributed by atoms with Crippen LogP contribution in [0.15, 0.2) is 11.6 Å². The van der Waals surface area contributed by atoms with Crippen LogP contribution in [0.1, 0.15) is 27.2 Å². The molecular formula is C7H14O. The summed E-state index contributed by atoms with van der Waals surface area (Å²) in [6, 6.07) is 0. The number of rotatable bonds is 2. The Balaban J connectivity index is 3.63. The lowest BCUT2D eigenvalue weighted by atomic mass is 10.1. The van der Waals surface area contributed by atoms with Crippen LogP contribution in [0, 0.1) is 0 Å². The van der Waals surface area contributed by atoms with Gasteiger partial charge in [-0.15, -0.1) is 0 Å². The van der Waals surface area contributed by atoms with Crippen LogP contribution in [-0.4, -0.2) is 11.2 Å². The highest BCUT2D eigenvalue weighted by atomic mass is 16.3. The summed E-state index contributed by atoms with van der Waals surface area (Å²) in [7, 11) is 0. The van der Waals surface area contributed by atoms with E-state index in [0.29, 0.717) is 0 Å². The van der Waals surface area contributed by atoms with Gasteiger partial charge in [-0.25, -0.2) is 0 Å². The van der Waals surface area contributed by atoms with Gasteiger partial charge in [0.15, 0.2) is 0 Å². The second-order valence-electron chi connectivity index (χ2n) is 1.96. The van der Waals surface area contributed by atoms with Crippen LogP contribution >= 0.6 is 0 Å². The molecule has 1 atom stereocenters. The summed E-state index contributed by atoms with van der Waals surface area (Å²) in [6.07, 6.45) is 2.53. The summed E-state index contributed by atoms with van der Waals surface area (Å²) in [5, 5.41) is 9.06. The molecule has 0 spiro atoms. The summed E-state index contributed by atoms with van der Waals surface area (Å²) < 4.78 is 0. The number of aliphatic hydroxyl groups is 1. The van der Waals surface area contributed by atoms with Crippen molar-refractivity contribution in [1.29, 1.82) is 0 Å². The first kappa shape index (κ1) is 7.70. The van der Waals surface area contributed by atoms with E-state index < -0.39 is 0 Å². The Morgan fingerprint density at radius 1 is 1.75 bits per heavy atom. The topological polar surface area (TPSA) is 20.2 Å². The minimum atomic E-state index is -0.222. The van der Waals surface area contributed by atoms with Gasteiger partial charge in [0, 0.05) is 0 Å². The quantitative estimate of drug-likeness (QED) is 0.542. The van der Waals surface area contributed by atoms with E-state index >= 15 is 0 Å². The second kappa shape index (κ2) is 3.67. The Labute approximate surface area is 51.0 Å². The third-order valence-electron chi connectivity index (χ3n) is 1.37. The van der Waals surface area contributed by atoms with Crippen molar-refractivity contribution < 1.29 is 5.11 Å². The maximum Gasteiger partial charge on any atom is 0.0744 e. The fraction of sp³-hybridized carbons (Fsp3) is 0.714. The summed E-state index contributed by atoms with van der Waals surface area (Å²) >= 11 is 0. The molecule has 1 nitrogen and oxygen atoms in total. The Bertz CT molecular complexity index is 84.4. The van der Waals surface area contributed by atoms with Gasteiger partial charge in [-0.2, -0.15) is 0 Å². The number of hydrogen-bond acceptors (Lipinski definition) is 1. The van der Waals surface area contributed by atoms with Crippen molar-refractivity contribution in [2.75, 3.05) is 0 Å². The molecule has 0 bridgehead atoms. The van der Waals surface area contributed by atoms with Crippen LogP contribution in [0.3, 0.4) is 0 Å². The van der Waals surface area contributed by atoms with Gasteiger partial charge in [0.2, 0.25) is 0 Å². The van der Waals surface area contributed by atoms with E-state index in [1.54, 1.807) is 0 Å². The average molecular weight is 114 g/mol. The fourth-order valence-electron chi connectivity index (χ4n) is 0.514. The van der Waals surface area contributed by atoms with Gasteiger partial charge in [0.25, 0.3) is 0 Å². The number of allylic oxidation sites excluding steroid dienone is 1. The molecule has 0 aromatic rings. The van der Waals surface area contributed by atoms with Crippen LogP contribution < -0.4 is 0 Å². The van der Waals surface area contributed by atoms with Gasteiger partial charge in [-0.05, 0) is 25.8 Å².